The summed E-state index contributed by atoms with van der Waals surface area (Å²) in [6, 6.07) is 0. The molecule has 0 aromatic carbocycles. The van der Waals surface area contributed by atoms with Crippen LogP contribution in [0.4, 0.5) is 0 Å². The molecule has 0 heterocycles. The summed E-state index contributed by atoms with van der Waals surface area (Å²) in [5.74, 6) is 0. The van der Waals surface area contributed by atoms with Crippen molar-refractivity contribution in [1.29, 1.82) is 3.83 Å². The van der Waals surface area contributed by atoms with Crippen LogP contribution in [0.15, 0.2) is 22.1 Å². The Labute approximate surface area is 184 Å². The maximum atomic E-state index is 7.93. The van der Waals surface area contributed by atoms with Crippen LogP contribution in [0.5, 0.6) is 0 Å². The van der Waals surface area contributed by atoms with Crippen LogP contribution in [0.25, 0.3) is 0 Å². The van der Waals surface area contributed by atoms with Crippen molar-refractivity contribution in [3.63, 3.8) is 0 Å². The van der Waals surface area contributed by atoms with Gasteiger partial charge in [0.25, 0.3) is 0 Å². The largest absolute Gasteiger partial charge is 1.00 e. The Balaban J connectivity index is -0.000000381. The van der Waals surface area contributed by atoms with Gasteiger partial charge >= 0.3 is 74.5 Å². The van der Waals surface area contributed by atoms with Crippen LogP contribution in [0.3, 0.4) is 0 Å². The van der Waals surface area contributed by atoms with Crippen LogP contribution < -0.4 is 24.8 Å². The van der Waals surface area contributed by atoms with Gasteiger partial charge in [0.05, 0.1) is 0 Å². The molecule has 26 heavy (non-hydrogen) atoms. The molecule has 1 aliphatic carbocycles. The maximum Gasteiger partial charge on any atom is -1.00 e. The molecule has 5 heteroatoms. The fraction of sp³-hybridized carbons (Fsp3) is 0.810. The minimum absolute atomic E-state index is 0. The molecule has 1 N–H and O–H groups in total. The molecule has 0 amide bonds. The predicted octanol–water partition coefficient (Wildman–Crippen LogP) is 2.30. The quantitative estimate of drug-likeness (QED) is 0.494. The summed E-state index contributed by atoms with van der Waals surface area (Å²) in [4.78, 5) is 0. The van der Waals surface area contributed by atoms with E-state index in [1.54, 1.807) is 0 Å². The summed E-state index contributed by atoms with van der Waals surface area (Å²) < 4.78 is 10.6. The minimum atomic E-state index is -1.48. The van der Waals surface area contributed by atoms with Crippen LogP contribution in [0, 0.1) is 3.83 Å². The third kappa shape index (κ3) is 12.5. The van der Waals surface area contributed by atoms with Crippen molar-refractivity contribution in [2.75, 3.05) is 0 Å². The van der Waals surface area contributed by atoms with Gasteiger partial charge in [-0.15, -0.1) is 0 Å². The molecule has 0 bridgehead atoms. The Morgan fingerprint density at radius 2 is 1.35 bits per heavy atom. The number of hydrogen-bond donors (Lipinski definition) is 1. The van der Waals surface area contributed by atoms with Crippen molar-refractivity contribution in [2.24, 2.45) is 0 Å². The molecule has 0 aromatic heterocycles. The summed E-state index contributed by atoms with van der Waals surface area (Å²) >= 11 is -1.48. The molecule has 0 saturated carbocycles. The van der Waals surface area contributed by atoms with Gasteiger partial charge in [0.15, 0.2) is 0 Å². The van der Waals surface area contributed by atoms with Crippen molar-refractivity contribution in [3.8, 4) is 0 Å². The zero-order valence-corrected chi connectivity index (χ0v) is 22.7. The van der Waals surface area contributed by atoms with E-state index in [2.05, 4.69) is 87.5 Å². The average molecular weight is 458 g/mol. The van der Waals surface area contributed by atoms with Gasteiger partial charge in [0.2, 0.25) is 0 Å². The van der Waals surface area contributed by atoms with Gasteiger partial charge in [-0.2, -0.15) is 0 Å². The second-order valence-electron chi connectivity index (χ2n) is 9.75. The molecule has 0 unspecified atom stereocenters. The first-order valence-electron chi connectivity index (χ1n) is 9.45. The first kappa shape index (κ1) is 31.7. The van der Waals surface area contributed by atoms with Gasteiger partial charge in [0.1, 0.15) is 0 Å². The molecule has 0 aliphatic heterocycles. The van der Waals surface area contributed by atoms with E-state index < -0.39 is 17.7 Å². The Morgan fingerprint density at radius 1 is 0.923 bits per heavy atom. The Hall–Kier alpha value is 1.00. The van der Waals surface area contributed by atoms with E-state index in [1.807, 2.05) is 0 Å². The third-order valence-corrected chi connectivity index (χ3v) is 11.1. The van der Waals surface area contributed by atoms with E-state index >= 15 is 0 Å². The number of hydrogen-bond acceptors (Lipinski definition) is 1. The number of halogens is 2. The summed E-state index contributed by atoms with van der Waals surface area (Å²) in [6.45, 7) is 23.7. The topological polar surface area (TPSA) is 23.9 Å². The third-order valence-electron chi connectivity index (χ3n) is 3.95. The van der Waals surface area contributed by atoms with Crippen molar-refractivity contribution in [3.05, 3.63) is 22.1 Å². The molecule has 1 aliphatic rings. The fourth-order valence-electron chi connectivity index (χ4n) is 4.20. The Morgan fingerprint density at radius 3 is 1.58 bits per heavy atom. The van der Waals surface area contributed by atoms with E-state index in [0.29, 0.717) is 15.5 Å². The summed E-state index contributed by atoms with van der Waals surface area (Å²) in [6.07, 6.45) is 10.0. The number of rotatable bonds is 4. The van der Waals surface area contributed by atoms with Gasteiger partial charge in [-0.05, 0) is 15.5 Å². The van der Waals surface area contributed by atoms with Crippen LogP contribution in [-0.4, -0.2) is 15.5 Å². The number of nitrogens with one attached hydrogen (secondary N) is 1. The average Bonchev–Trinajstić information content (AvgIpc) is 2.84. The molecule has 0 fully saturated rings. The van der Waals surface area contributed by atoms with Crippen molar-refractivity contribution in [2.45, 2.75) is 109 Å². The Bertz CT molecular complexity index is 433. The smallest absolute Gasteiger partial charge is 1.00 e. The second-order valence-corrected chi connectivity index (χ2v) is 17.7. The number of allylic oxidation sites excluding steroid dienone is 4. The molecule has 0 atom stereocenters. The van der Waals surface area contributed by atoms with Crippen molar-refractivity contribution >= 4 is 7.92 Å². The summed E-state index contributed by atoms with van der Waals surface area (Å²) in [5.41, 5.74) is 0. The number of unbranched alkanes of at least 4 members (excludes halogenated alkanes) is 1. The van der Waals surface area contributed by atoms with E-state index in [1.165, 1.54) is 21.4 Å². The summed E-state index contributed by atoms with van der Waals surface area (Å²) in [5, 5.41) is 1.35. The molecule has 154 valence electrons. The van der Waals surface area contributed by atoms with E-state index in [0.717, 1.165) is 6.42 Å². The first-order valence-corrected chi connectivity index (χ1v) is 13.5. The molecular formula is C21H42Cl2NPTi. The maximum absolute atomic E-state index is 7.93. The van der Waals surface area contributed by atoms with Gasteiger partial charge < -0.3 is 24.8 Å². The molecule has 0 aromatic rings. The van der Waals surface area contributed by atoms with Gasteiger partial charge in [-0.25, -0.2) is 0 Å². The normalized spacial score (nSPS) is 13.7. The van der Waals surface area contributed by atoms with Crippen LogP contribution in [0.1, 0.15) is 88.5 Å². The van der Waals surface area contributed by atoms with Gasteiger partial charge in [-0.3, -0.25) is 0 Å². The summed E-state index contributed by atoms with van der Waals surface area (Å²) in [7, 11) is 0.0162. The van der Waals surface area contributed by atoms with E-state index in [9.17, 15) is 0 Å². The molecular weight excluding hydrogens is 416 g/mol. The molecule has 0 saturated heterocycles. The molecule has 0 radical (unpaired) electrons. The van der Waals surface area contributed by atoms with Crippen LogP contribution in [0.2, 0.25) is 4.73 Å². The van der Waals surface area contributed by atoms with Crippen molar-refractivity contribution in [1.82, 2.24) is 0 Å². The predicted molar refractivity (Wildman–Crippen MR) is 110 cm³/mol. The standard InChI is InChI=1S/C12H27P.C5H5.C4H9.2ClH.HN.Ti/c1-10(2,3)13(11(4,5)6)12(7,8)9;1-2-4-5-3-1;1-3-4-2;;;;/h1-9H3;1-3H,4H2;1,3-4H2,2H3;3*1H;/q;;;;;;+2/p-2. The molecule has 1 nitrogen and oxygen atoms in total. The monoisotopic (exact) mass is 457 g/mol. The Kier molecular flexibility index (Phi) is 16.2. The van der Waals surface area contributed by atoms with Gasteiger partial charge in [-0.1, -0.05) is 70.2 Å². The minimum Gasteiger partial charge on any atom is -1.00 e. The first-order chi connectivity index (χ1) is 10.7. The molecule has 1 rings (SSSR count). The SMILES string of the molecule is CC(C)(C)P(C(C)(C)C)C(C)(C)C.CCC[CH2][Ti+2](=[NH])[C]1=CC=CC1.[Cl-].[Cl-]. The van der Waals surface area contributed by atoms with E-state index in [-0.39, 0.29) is 32.7 Å². The fourth-order valence-corrected chi connectivity index (χ4v) is 12.9. The molecule has 0 spiro atoms. The zero-order valence-electron chi connectivity index (χ0n) is 18.8. The van der Waals surface area contributed by atoms with Crippen molar-refractivity contribution < 1.29 is 42.5 Å². The zero-order chi connectivity index (χ0) is 19.2. The van der Waals surface area contributed by atoms with E-state index in [4.69, 9.17) is 3.83 Å². The van der Waals surface area contributed by atoms with Gasteiger partial charge in [0, 0.05) is 0 Å². The van der Waals surface area contributed by atoms with Crippen LogP contribution in [-0.2, 0) is 17.7 Å². The second kappa shape index (κ2) is 13.3. The van der Waals surface area contributed by atoms with Crippen LogP contribution >= 0.6 is 7.92 Å².